The van der Waals surface area contributed by atoms with E-state index >= 15 is 0 Å². The van der Waals surface area contributed by atoms with Crippen LogP contribution in [0.1, 0.15) is 11.1 Å². The molecule has 0 unspecified atom stereocenters. The highest BCUT2D eigenvalue weighted by Crippen LogP contribution is 2.18. The lowest BCUT2D eigenvalue weighted by atomic mass is 10.2. The Labute approximate surface area is 130 Å². The molecule has 0 saturated carbocycles. The minimum absolute atomic E-state index is 0.0948. The lowest BCUT2D eigenvalue weighted by Gasteiger charge is -2.17. The van der Waals surface area contributed by atoms with Crippen LogP contribution in [0, 0.1) is 6.92 Å². The van der Waals surface area contributed by atoms with Crippen LogP contribution in [0.5, 0.6) is 0 Å². The normalized spacial score (nSPS) is 10.4. The highest BCUT2D eigenvalue weighted by atomic mass is 32.2. The van der Waals surface area contributed by atoms with Gasteiger partial charge in [0.15, 0.2) is 0 Å². The first kappa shape index (κ1) is 15.4. The van der Waals surface area contributed by atoms with E-state index in [4.69, 9.17) is 5.73 Å². The second-order valence-electron chi connectivity index (χ2n) is 5.03. The molecule has 110 valence electrons. The molecule has 0 fully saturated rings. The zero-order chi connectivity index (χ0) is 15.2. The third-order valence-electron chi connectivity index (χ3n) is 3.23. The maximum atomic E-state index is 12.2. The standard InChI is InChI=1S/C17H20N2OS/c1-13-4-3-5-14(10-13)11-21-12-17(20)19(2)16-8-6-15(18)7-9-16/h3-10H,11-12,18H2,1-2H3. The van der Waals surface area contributed by atoms with Crippen LogP contribution in [0.4, 0.5) is 11.4 Å². The summed E-state index contributed by atoms with van der Waals surface area (Å²) in [7, 11) is 1.79. The smallest absolute Gasteiger partial charge is 0.236 e. The van der Waals surface area contributed by atoms with Crippen molar-refractivity contribution in [2.75, 3.05) is 23.4 Å². The Kier molecular flexibility index (Phi) is 5.28. The Morgan fingerprint density at radius 3 is 2.57 bits per heavy atom. The van der Waals surface area contributed by atoms with Crippen molar-refractivity contribution in [3.8, 4) is 0 Å². The molecule has 0 bridgehead atoms. The fraction of sp³-hybridized carbons (Fsp3) is 0.235. The van der Waals surface area contributed by atoms with Gasteiger partial charge in [0, 0.05) is 24.2 Å². The molecule has 2 rings (SSSR count). The molecular weight excluding hydrogens is 280 g/mol. The summed E-state index contributed by atoms with van der Waals surface area (Å²) in [6, 6.07) is 15.7. The van der Waals surface area contributed by atoms with Crippen molar-refractivity contribution in [2.45, 2.75) is 12.7 Å². The van der Waals surface area contributed by atoms with Crippen molar-refractivity contribution < 1.29 is 4.79 Å². The highest BCUT2D eigenvalue weighted by Gasteiger charge is 2.10. The number of thioether (sulfide) groups is 1. The maximum absolute atomic E-state index is 12.2. The van der Waals surface area contributed by atoms with Crippen molar-refractivity contribution in [2.24, 2.45) is 0 Å². The van der Waals surface area contributed by atoms with E-state index < -0.39 is 0 Å². The van der Waals surface area contributed by atoms with Crippen molar-refractivity contribution >= 4 is 29.0 Å². The third kappa shape index (κ3) is 4.53. The SMILES string of the molecule is Cc1cccc(CSCC(=O)N(C)c2ccc(N)cc2)c1. The van der Waals surface area contributed by atoms with E-state index in [-0.39, 0.29) is 5.91 Å². The number of carbonyl (C=O) groups excluding carboxylic acids is 1. The second-order valence-corrected chi connectivity index (χ2v) is 6.01. The van der Waals surface area contributed by atoms with Crippen molar-refractivity contribution in [3.63, 3.8) is 0 Å². The van der Waals surface area contributed by atoms with Crippen LogP contribution in [0.2, 0.25) is 0 Å². The number of hydrogen-bond acceptors (Lipinski definition) is 3. The van der Waals surface area contributed by atoms with E-state index in [0.717, 1.165) is 11.4 Å². The van der Waals surface area contributed by atoms with Gasteiger partial charge in [0.25, 0.3) is 0 Å². The molecule has 1 amide bonds. The van der Waals surface area contributed by atoms with Crippen molar-refractivity contribution in [1.82, 2.24) is 0 Å². The summed E-state index contributed by atoms with van der Waals surface area (Å²) < 4.78 is 0. The lowest BCUT2D eigenvalue weighted by Crippen LogP contribution is -2.27. The van der Waals surface area contributed by atoms with Crippen LogP contribution in [0.15, 0.2) is 48.5 Å². The summed E-state index contributed by atoms with van der Waals surface area (Å²) in [4.78, 5) is 13.8. The average molecular weight is 300 g/mol. The van der Waals surface area contributed by atoms with Crippen molar-refractivity contribution in [1.29, 1.82) is 0 Å². The number of rotatable bonds is 5. The molecule has 0 heterocycles. The minimum Gasteiger partial charge on any atom is -0.399 e. The van der Waals surface area contributed by atoms with Crippen LogP contribution in [0.25, 0.3) is 0 Å². The van der Waals surface area contributed by atoms with Gasteiger partial charge in [-0.15, -0.1) is 11.8 Å². The minimum atomic E-state index is 0.0948. The predicted octanol–water partition coefficient (Wildman–Crippen LogP) is 3.47. The molecule has 2 N–H and O–H groups in total. The van der Waals surface area contributed by atoms with Crippen LogP contribution in [0.3, 0.4) is 0 Å². The molecular formula is C17H20N2OS. The summed E-state index contributed by atoms with van der Waals surface area (Å²) in [6.07, 6.45) is 0. The second kappa shape index (κ2) is 7.18. The molecule has 2 aromatic rings. The van der Waals surface area contributed by atoms with E-state index in [0.29, 0.717) is 11.4 Å². The van der Waals surface area contributed by atoms with E-state index in [1.165, 1.54) is 11.1 Å². The van der Waals surface area contributed by atoms with E-state index in [2.05, 4.69) is 25.1 Å². The fourth-order valence-electron chi connectivity index (χ4n) is 2.00. The number of benzene rings is 2. The Morgan fingerprint density at radius 2 is 1.90 bits per heavy atom. The molecule has 4 heteroatoms. The van der Waals surface area contributed by atoms with Crippen LogP contribution < -0.4 is 10.6 Å². The number of nitrogens with two attached hydrogens (primary N) is 1. The summed E-state index contributed by atoms with van der Waals surface area (Å²) in [5.41, 5.74) is 9.72. The first-order valence-corrected chi connectivity index (χ1v) is 7.97. The molecule has 0 radical (unpaired) electrons. The fourth-order valence-corrected chi connectivity index (χ4v) is 2.88. The van der Waals surface area contributed by atoms with Gasteiger partial charge in [0.1, 0.15) is 0 Å². The first-order chi connectivity index (χ1) is 10.1. The number of nitrogen functional groups attached to an aromatic ring is 1. The number of anilines is 2. The number of nitrogens with zero attached hydrogens (tertiary/aromatic N) is 1. The van der Waals surface area contributed by atoms with Crippen LogP contribution >= 0.6 is 11.8 Å². The molecule has 0 saturated heterocycles. The summed E-state index contributed by atoms with van der Waals surface area (Å²) in [6.45, 7) is 2.08. The predicted molar refractivity (Wildman–Crippen MR) is 91.6 cm³/mol. The zero-order valence-electron chi connectivity index (χ0n) is 12.4. The van der Waals surface area contributed by atoms with Gasteiger partial charge < -0.3 is 10.6 Å². The van der Waals surface area contributed by atoms with Gasteiger partial charge in [-0.3, -0.25) is 4.79 Å². The quantitative estimate of drug-likeness (QED) is 0.860. The van der Waals surface area contributed by atoms with Gasteiger partial charge in [-0.25, -0.2) is 0 Å². The maximum Gasteiger partial charge on any atom is 0.236 e. The van der Waals surface area contributed by atoms with Crippen LogP contribution in [-0.4, -0.2) is 18.7 Å². The van der Waals surface area contributed by atoms with Gasteiger partial charge in [-0.1, -0.05) is 29.8 Å². The molecule has 0 spiro atoms. The Balaban J connectivity index is 1.85. The van der Waals surface area contributed by atoms with Gasteiger partial charge in [-0.2, -0.15) is 0 Å². The lowest BCUT2D eigenvalue weighted by molar-refractivity contribution is -0.115. The topological polar surface area (TPSA) is 46.3 Å². The summed E-state index contributed by atoms with van der Waals surface area (Å²) in [5, 5.41) is 0. The number of aryl methyl sites for hydroxylation is 1. The molecule has 0 aliphatic rings. The molecule has 0 aromatic heterocycles. The van der Waals surface area contributed by atoms with Gasteiger partial charge in [-0.05, 0) is 36.8 Å². The number of carbonyl (C=O) groups is 1. The monoisotopic (exact) mass is 300 g/mol. The van der Waals surface area contributed by atoms with E-state index in [1.54, 1.807) is 35.8 Å². The Hall–Kier alpha value is -1.94. The first-order valence-electron chi connectivity index (χ1n) is 6.81. The van der Waals surface area contributed by atoms with Crippen LogP contribution in [-0.2, 0) is 10.5 Å². The molecule has 0 atom stereocenters. The Bertz CT molecular complexity index is 610. The largest absolute Gasteiger partial charge is 0.399 e. The molecule has 2 aromatic carbocycles. The molecule has 3 nitrogen and oxygen atoms in total. The molecule has 21 heavy (non-hydrogen) atoms. The zero-order valence-corrected chi connectivity index (χ0v) is 13.2. The summed E-state index contributed by atoms with van der Waals surface area (Å²) >= 11 is 1.63. The third-order valence-corrected chi connectivity index (χ3v) is 4.22. The van der Waals surface area contributed by atoms with Gasteiger partial charge in [0.2, 0.25) is 5.91 Å². The highest BCUT2D eigenvalue weighted by molar-refractivity contribution is 7.99. The van der Waals surface area contributed by atoms with Crippen molar-refractivity contribution in [3.05, 3.63) is 59.7 Å². The molecule has 0 aliphatic heterocycles. The Morgan fingerprint density at radius 1 is 1.19 bits per heavy atom. The van der Waals surface area contributed by atoms with E-state index in [1.807, 2.05) is 18.2 Å². The van der Waals surface area contributed by atoms with Gasteiger partial charge >= 0.3 is 0 Å². The number of hydrogen-bond donors (Lipinski definition) is 1. The van der Waals surface area contributed by atoms with E-state index in [9.17, 15) is 4.79 Å². The summed E-state index contributed by atoms with van der Waals surface area (Å²) in [5.74, 6) is 1.41. The van der Waals surface area contributed by atoms with Gasteiger partial charge in [0.05, 0.1) is 5.75 Å². The average Bonchev–Trinajstić information content (AvgIpc) is 2.47. The molecule has 0 aliphatic carbocycles. The number of amides is 1.